The molecule has 0 amide bonds. The summed E-state index contributed by atoms with van der Waals surface area (Å²) in [5.41, 5.74) is 0.190. The van der Waals surface area contributed by atoms with Gasteiger partial charge in [-0.05, 0) is 36.8 Å². The van der Waals surface area contributed by atoms with Gasteiger partial charge in [-0.15, -0.1) is 4.68 Å². The van der Waals surface area contributed by atoms with Gasteiger partial charge in [0.2, 0.25) is 0 Å². The van der Waals surface area contributed by atoms with Gasteiger partial charge in [-0.25, -0.2) is 4.79 Å². The zero-order valence-corrected chi connectivity index (χ0v) is 12.5. The molecule has 0 aliphatic rings. The van der Waals surface area contributed by atoms with Gasteiger partial charge in [-0.2, -0.15) is 5.10 Å². The number of para-hydroxylation sites is 1. The predicted octanol–water partition coefficient (Wildman–Crippen LogP) is 1.97. The molecule has 0 fully saturated rings. The molecule has 0 atom stereocenters. The highest BCUT2D eigenvalue weighted by molar-refractivity contribution is 5.80. The number of fused-ring (bicyclic) bond motifs is 1. The first-order chi connectivity index (χ1) is 11.2. The van der Waals surface area contributed by atoms with Crippen LogP contribution in [0, 0.1) is 0 Å². The van der Waals surface area contributed by atoms with Crippen molar-refractivity contribution in [1.29, 1.82) is 0 Å². The van der Waals surface area contributed by atoms with Crippen LogP contribution in [0.25, 0.3) is 10.9 Å². The van der Waals surface area contributed by atoms with Crippen LogP contribution in [-0.2, 0) is 0 Å². The second-order valence-corrected chi connectivity index (χ2v) is 4.84. The van der Waals surface area contributed by atoms with Crippen molar-refractivity contribution in [1.82, 2.24) is 9.66 Å². The molecule has 3 aromatic rings. The molecule has 6 nitrogen and oxygen atoms in total. The Balaban J connectivity index is 2.03. The Morgan fingerprint density at radius 3 is 2.83 bits per heavy atom. The lowest BCUT2D eigenvalue weighted by Crippen LogP contribution is -2.32. The number of hydrogen-bond acceptors (Lipinski definition) is 4. The third-order valence-corrected chi connectivity index (χ3v) is 3.28. The largest absolute Gasteiger partial charge is 0.494 e. The standard InChI is InChI=1S/C17H15N3O3/c1-2-23-13-7-5-6-12(10-13)11-18-20-16(21)14-8-3-4-9-15(14)19-17(20)22/h3-11H,2H2,1H3,(H,19,22). The summed E-state index contributed by atoms with van der Waals surface area (Å²) in [5.74, 6) is 0.705. The van der Waals surface area contributed by atoms with Crippen molar-refractivity contribution < 1.29 is 4.74 Å². The summed E-state index contributed by atoms with van der Waals surface area (Å²) in [7, 11) is 0. The van der Waals surface area contributed by atoms with Gasteiger partial charge in [0.15, 0.2) is 0 Å². The molecule has 0 saturated carbocycles. The van der Waals surface area contributed by atoms with Gasteiger partial charge >= 0.3 is 5.69 Å². The van der Waals surface area contributed by atoms with Crippen LogP contribution in [-0.4, -0.2) is 22.5 Å². The fraction of sp³-hybridized carbons (Fsp3) is 0.118. The molecule has 1 heterocycles. The minimum Gasteiger partial charge on any atom is -0.494 e. The van der Waals surface area contributed by atoms with E-state index in [2.05, 4.69) is 10.1 Å². The van der Waals surface area contributed by atoms with Crippen LogP contribution in [0.4, 0.5) is 0 Å². The second-order valence-electron chi connectivity index (χ2n) is 4.84. The van der Waals surface area contributed by atoms with E-state index in [-0.39, 0.29) is 0 Å². The third kappa shape index (κ3) is 3.06. The SMILES string of the molecule is CCOc1cccc(C=Nn2c(=O)[nH]c3ccccc3c2=O)c1. The van der Waals surface area contributed by atoms with Crippen LogP contribution in [0.5, 0.6) is 5.75 Å². The average Bonchev–Trinajstić information content (AvgIpc) is 2.55. The van der Waals surface area contributed by atoms with Crippen molar-refractivity contribution in [2.24, 2.45) is 5.10 Å². The van der Waals surface area contributed by atoms with E-state index in [9.17, 15) is 9.59 Å². The minimum absolute atomic E-state index is 0.410. The number of hydrogen-bond donors (Lipinski definition) is 1. The molecule has 6 heteroatoms. The van der Waals surface area contributed by atoms with Crippen molar-refractivity contribution in [3.63, 3.8) is 0 Å². The normalized spacial score (nSPS) is 11.2. The molecular formula is C17H15N3O3. The highest BCUT2D eigenvalue weighted by atomic mass is 16.5. The van der Waals surface area contributed by atoms with Crippen molar-refractivity contribution in [2.45, 2.75) is 6.92 Å². The summed E-state index contributed by atoms with van der Waals surface area (Å²) in [4.78, 5) is 27.0. The lowest BCUT2D eigenvalue weighted by atomic mass is 10.2. The number of ether oxygens (including phenoxy) is 1. The van der Waals surface area contributed by atoms with E-state index in [1.807, 2.05) is 25.1 Å². The van der Waals surface area contributed by atoms with Crippen LogP contribution in [0.2, 0.25) is 0 Å². The fourth-order valence-corrected chi connectivity index (χ4v) is 2.23. The number of nitrogens with zero attached hydrogens (tertiary/aromatic N) is 2. The van der Waals surface area contributed by atoms with Gasteiger partial charge in [0.25, 0.3) is 5.56 Å². The first kappa shape index (κ1) is 14.8. The molecule has 0 radical (unpaired) electrons. The van der Waals surface area contributed by atoms with Crippen LogP contribution >= 0.6 is 0 Å². The summed E-state index contributed by atoms with van der Waals surface area (Å²) >= 11 is 0. The van der Waals surface area contributed by atoms with Gasteiger partial charge in [0.1, 0.15) is 5.75 Å². The van der Waals surface area contributed by atoms with E-state index in [0.717, 1.165) is 10.2 Å². The molecule has 0 aliphatic heterocycles. The first-order valence-electron chi connectivity index (χ1n) is 7.20. The summed E-state index contributed by atoms with van der Waals surface area (Å²) in [6, 6.07) is 14.1. The van der Waals surface area contributed by atoms with Crippen LogP contribution < -0.4 is 16.0 Å². The lowest BCUT2D eigenvalue weighted by molar-refractivity contribution is 0.340. The molecule has 0 saturated heterocycles. The number of H-pyrrole nitrogens is 1. The van der Waals surface area contributed by atoms with Gasteiger partial charge in [-0.3, -0.25) is 4.79 Å². The lowest BCUT2D eigenvalue weighted by Gasteiger charge is -2.03. The van der Waals surface area contributed by atoms with E-state index in [0.29, 0.717) is 23.3 Å². The Morgan fingerprint density at radius 2 is 2.00 bits per heavy atom. The summed E-state index contributed by atoms with van der Waals surface area (Å²) in [5, 5.41) is 4.42. The Labute approximate surface area is 131 Å². The third-order valence-electron chi connectivity index (χ3n) is 3.28. The van der Waals surface area contributed by atoms with E-state index >= 15 is 0 Å². The summed E-state index contributed by atoms with van der Waals surface area (Å²) in [6.45, 7) is 2.46. The summed E-state index contributed by atoms with van der Waals surface area (Å²) in [6.07, 6.45) is 1.45. The van der Waals surface area contributed by atoms with E-state index in [1.54, 1.807) is 30.3 Å². The smallest absolute Gasteiger partial charge is 0.349 e. The van der Waals surface area contributed by atoms with Crippen LogP contribution in [0.1, 0.15) is 12.5 Å². The number of aromatic amines is 1. The molecule has 116 valence electrons. The molecule has 3 rings (SSSR count). The first-order valence-corrected chi connectivity index (χ1v) is 7.20. The van der Waals surface area contributed by atoms with Crippen LogP contribution in [0.15, 0.2) is 63.2 Å². The van der Waals surface area contributed by atoms with Crippen molar-refractivity contribution in [2.75, 3.05) is 6.61 Å². The van der Waals surface area contributed by atoms with E-state index in [1.165, 1.54) is 6.21 Å². The molecular weight excluding hydrogens is 294 g/mol. The maximum Gasteiger partial charge on any atom is 0.349 e. The van der Waals surface area contributed by atoms with E-state index in [4.69, 9.17) is 4.74 Å². The number of rotatable bonds is 4. The van der Waals surface area contributed by atoms with Crippen LogP contribution in [0.3, 0.4) is 0 Å². The molecule has 2 aromatic carbocycles. The molecule has 23 heavy (non-hydrogen) atoms. The molecule has 0 unspecified atom stereocenters. The monoisotopic (exact) mass is 309 g/mol. The average molecular weight is 309 g/mol. The Hall–Kier alpha value is -3.15. The maximum atomic E-state index is 12.3. The second kappa shape index (κ2) is 6.31. The molecule has 0 bridgehead atoms. The van der Waals surface area contributed by atoms with Crippen molar-refractivity contribution in [3.05, 3.63) is 74.9 Å². The highest BCUT2D eigenvalue weighted by Gasteiger charge is 2.05. The number of aromatic nitrogens is 2. The van der Waals surface area contributed by atoms with Gasteiger partial charge < -0.3 is 9.72 Å². The van der Waals surface area contributed by atoms with Crippen molar-refractivity contribution in [3.8, 4) is 5.75 Å². The van der Waals surface area contributed by atoms with E-state index < -0.39 is 11.2 Å². The number of nitrogens with one attached hydrogen (secondary N) is 1. The summed E-state index contributed by atoms with van der Waals surface area (Å²) < 4.78 is 6.22. The topological polar surface area (TPSA) is 76.5 Å². The Kier molecular flexibility index (Phi) is 4.05. The quantitative estimate of drug-likeness (QED) is 0.749. The number of benzene rings is 2. The van der Waals surface area contributed by atoms with Gasteiger partial charge in [-0.1, -0.05) is 24.3 Å². The zero-order chi connectivity index (χ0) is 16.2. The maximum absolute atomic E-state index is 12.3. The van der Waals surface area contributed by atoms with Crippen molar-refractivity contribution >= 4 is 17.1 Å². The highest BCUT2D eigenvalue weighted by Crippen LogP contribution is 2.11. The minimum atomic E-state index is -0.578. The molecule has 1 N–H and O–H groups in total. The molecule has 1 aromatic heterocycles. The van der Waals surface area contributed by atoms with Gasteiger partial charge in [0, 0.05) is 0 Å². The molecule has 0 aliphatic carbocycles. The van der Waals surface area contributed by atoms with Gasteiger partial charge in [0.05, 0.1) is 23.7 Å². The fourth-order valence-electron chi connectivity index (χ4n) is 2.23. The zero-order valence-electron chi connectivity index (χ0n) is 12.5. The Morgan fingerprint density at radius 1 is 1.17 bits per heavy atom. The Bertz CT molecular complexity index is 986. The predicted molar refractivity (Wildman–Crippen MR) is 89.4 cm³/mol. The molecule has 0 spiro atoms.